The molecular weight excluding hydrogens is 292 g/mol. The molecule has 0 aliphatic carbocycles. The summed E-state index contributed by atoms with van der Waals surface area (Å²) in [5.74, 6) is -1.02. The summed E-state index contributed by atoms with van der Waals surface area (Å²) in [5, 5.41) is 3.09. The molecule has 0 saturated carbocycles. The van der Waals surface area contributed by atoms with Crippen LogP contribution in [0.5, 0.6) is 0 Å². The van der Waals surface area contributed by atoms with E-state index in [9.17, 15) is 8.96 Å². The Kier molecular flexibility index (Phi) is 5.12. The summed E-state index contributed by atoms with van der Waals surface area (Å²) in [6, 6.07) is 15.0. The highest BCUT2D eigenvalue weighted by atomic mass is 31.2. The minimum absolute atomic E-state index is 0.335. The molecule has 0 spiro atoms. The Hall–Kier alpha value is -1.68. The zero-order valence-electron chi connectivity index (χ0n) is 11.8. The second-order valence-corrected chi connectivity index (χ2v) is 6.70. The fourth-order valence-electron chi connectivity index (χ4n) is 1.97. The van der Waals surface area contributed by atoms with Crippen molar-refractivity contribution < 1.29 is 18.0 Å². The van der Waals surface area contributed by atoms with Gasteiger partial charge in [-0.2, -0.15) is 0 Å². The molecule has 1 atom stereocenters. The molecule has 0 saturated heterocycles. The standard InChI is InChI=1S/C15H17FNO3P/c1-19-21(18,20-2)15(12-6-4-3-5-7-12)17-14-10-8-13(16)9-11-14/h3-11,15,17H,1-2H3/t15-/m1/s1. The van der Waals surface area contributed by atoms with E-state index >= 15 is 0 Å². The molecule has 0 aliphatic heterocycles. The summed E-state index contributed by atoms with van der Waals surface area (Å²) in [6.45, 7) is 0. The van der Waals surface area contributed by atoms with Crippen molar-refractivity contribution in [2.24, 2.45) is 0 Å². The van der Waals surface area contributed by atoms with Gasteiger partial charge >= 0.3 is 7.60 Å². The van der Waals surface area contributed by atoms with E-state index in [0.29, 0.717) is 5.69 Å². The highest BCUT2D eigenvalue weighted by Gasteiger charge is 2.35. The third-order valence-corrected chi connectivity index (χ3v) is 5.17. The van der Waals surface area contributed by atoms with E-state index in [1.54, 1.807) is 12.1 Å². The monoisotopic (exact) mass is 309 g/mol. The predicted octanol–water partition coefficient (Wildman–Crippen LogP) is 4.42. The smallest absolute Gasteiger partial charge is 0.356 e. The van der Waals surface area contributed by atoms with Gasteiger partial charge in [0.25, 0.3) is 0 Å². The lowest BCUT2D eigenvalue weighted by Gasteiger charge is -2.26. The third-order valence-electron chi connectivity index (χ3n) is 3.09. The maximum Gasteiger partial charge on any atom is 0.356 e. The maximum absolute atomic E-state index is 13.0. The van der Waals surface area contributed by atoms with Gasteiger partial charge in [0.15, 0.2) is 5.78 Å². The van der Waals surface area contributed by atoms with Crippen LogP contribution in [0.15, 0.2) is 54.6 Å². The Morgan fingerprint density at radius 3 is 2.10 bits per heavy atom. The zero-order valence-corrected chi connectivity index (χ0v) is 12.7. The minimum atomic E-state index is -3.40. The fraction of sp³-hybridized carbons (Fsp3) is 0.200. The number of rotatable bonds is 6. The van der Waals surface area contributed by atoms with E-state index in [1.165, 1.54) is 26.4 Å². The number of benzene rings is 2. The first-order chi connectivity index (χ1) is 10.1. The number of hydrogen-bond donors (Lipinski definition) is 1. The van der Waals surface area contributed by atoms with Crippen LogP contribution in [0.1, 0.15) is 11.3 Å². The van der Waals surface area contributed by atoms with Crippen LogP contribution in [0.4, 0.5) is 10.1 Å². The van der Waals surface area contributed by atoms with Crippen molar-refractivity contribution in [3.63, 3.8) is 0 Å². The second kappa shape index (κ2) is 6.85. The summed E-state index contributed by atoms with van der Waals surface area (Å²) >= 11 is 0. The summed E-state index contributed by atoms with van der Waals surface area (Å²) in [4.78, 5) is 0. The lowest BCUT2D eigenvalue weighted by molar-refractivity contribution is 0.268. The number of anilines is 1. The van der Waals surface area contributed by atoms with Gasteiger partial charge in [-0.15, -0.1) is 0 Å². The topological polar surface area (TPSA) is 47.6 Å². The van der Waals surface area contributed by atoms with E-state index in [1.807, 2.05) is 30.3 Å². The number of nitrogens with one attached hydrogen (secondary N) is 1. The molecular formula is C15H17FNO3P. The molecule has 0 bridgehead atoms. The van der Waals surface area contributed by atoms with Crippen LogP contribution in [-0.4, -0.2) is 14.2 Å². The molecule has 21 heavy (non-hydrogen) atoms. The van der Waals surface area contributed by atoms with Crippen molar-refractivity contribution in [2.45, 2.75) is 5.78 Å². The molecule has 2 rings (SSSR count). The van der Waals surface area contributed by atoms with Gasteiger partial charge in [-0.3, -0.25) is 4.57 Å². The molecule has 0 aliphatic rings. The molecule has 0 aromatic heterocycles. The first-order valence-corrected chi connectivity index (χ1v) is 7.98. The van der Waals surface area contributed by atoms with E-state index in [0.717, 1.165) is 5.56 Å². The van der Waals surface area contributed by atoms with Crippen LogP contribution in [0.2, 0.25) is 0 Å². The van der Waals surface area contributed by atoms with Crippen molar-refractivity contribution in [1.29, 1.82) is 0 Å². The fourth-order valence-corrected chi connectivity index (χ4v) is 3.38. The van der Waals surface area contributed by atoms with Gasteiger partial charge in [0, 0.05) is 19.9 Å². The van der Waals surface area contributed by atoms with Gasteiger partial charge < -0.3 is 14.4 Å². The van der Waals surface area contributed by atoms with Crippen LogP contribution in [0.25, 0.3) is 0 Å². The quantitative estimate of drug-likeness (QED) is 0.802. The third kappa shape index (κ3) is 3.70. The molecule has 2 aromatic carbocycles. The molecule has 0 unspecified atom stereocenters. The SMILES string of the molecule is COP(=O)(OC)[C@@H](Nc1ccc(F)cc1)c1ccccc1. The highest BCUT2D eigenvalue weighted by molar-refractivity contribution is 7.54. The Morgan fingerprint density at radius 1 is 1.00 bits per heavy atom. The molecule has 0 radical (unpaired) electrons. The molecule has 2 aromatic rings. The van der Waals surface area contributed by atoms with Crippen LogP contribution in [-0.2, 0) is 13.6 Å². The normalized spacial score (nSPS) is 12.9. The lowest BCUT2D eigenvalue weighted by Crippen LogP contribution is -2.13. The van der Waals surface area contributed by atoms with Gasteiger partial charge in [0.2, 0.25) is 0 Å². The number of hydrogen-bond acceptors (Lipinski definition) is 4. The van der Waals surface area contributed by atoms with E-state index < -0.39 is 13.4 Å². The largest absolute Gasteiger partial charge is 0.368 e. The molecule has 0 amide bonds. The van der Waals surface area contributed by atoms with E-state index in [4.69, 9.17) is 9.05 Å². The average molecular weight is 309 g/mol. The van der Waals surface area contributed by atoms with E-state index in [2.05, 4.69) is 5.32 Å². The highest BCUT2D eigenvalue weighted by Crippen LogP contribution is 2.59. The van der Waals surface area contributed by atoms with Crippen molar-refractivity contribution in [3.8, 4) is 0 Å². The molecule has 4 nitrogen and oxygen atoms in total. The predicted molar refractivity (Wildman–Crippen MR) is 80.8 cm³/mol. The minimum Gasteiger partial charge on any atom is -0.368 e. The van der Waals surface area contributed by atoms with Gasteiger partial charge in [-0.1, -0.05) is 30.3 Å². The van der Waals surface area contributed by atoms with Crippen LogP contribution < -0.4 is 5.32 Å². The molecule has 0 heterocycles. The van der Waals surface area contributed by atoms with Crippen LogP contribution in [0, 0.1) is 5.82 Å². The molecule has 112 valence electrons. The summed E-state index contributed by atoms with van der Waals surface area (Å²) in [5.41, 5.74) is 1.38. The molecule has 1 N–H and O–H groups in total. The van der Waals surface area contributed by atoms with Crippen molar-refractivity contribution in [2.75, 3.05) is 19.5 Å². The van der Waals surface area contributed by atoms with Crippen molar-refractivity contribution in [3.05, 3.63) is 66.0 Å². The van der Waals surface area contributed by atoms with Gasteiger partial charge in [0.1, 0.15) is 5.82 Å². The van der Waals surface area contributed by atoms with Gasteiger partial charge in [-0.25, -0.2) is 4.39 Å². The van der Waals surface area contributed by atoms with Crippen LogP contribution in [0.3, 0.4) is 0 Å². The van der Waals surface area contributed by atoms with Gasteiger partial charge in [0.05, 0.1) is 0 Å². The Labute approximate surface area is 123 Å². The molecule has 6 heteroatoms. The van der Waals surface area contributed by atoms with Crippen molar-refractivity contribution >= 4 is 13.3 Å². The first-order valence-electron chi connectivity index (χ1n) is 6.37. The summed E-state index contributed by atoms with van der Waals surface area (Å²) in [6.07, 6.45) is 0. The van der Waals surface area contributed by atoms with Crippen LogP contribution >= 0.6 is 7.60 Å². The Morgan fingerprint density at radius 2 is 1.57 bits per heavy atom. The average Bonchev–Trinajstić information content (AvgIpc) is 2.54. The van der Waals surface area contributed by atoms with Crippen molar-refractivity contribution in [1.82, 2.24) is 0 Å². The Balaban J connectivity index is 2.37. The lowest BCUT2D eigenvalue weighted by atomic mass is 10.2. The number of halogens is 1. The Bertz CT molecular complexity index is 611. The summed E-state index contributed by atoms with van der Waals surface area (Å²) in [7, 11) is -0.716. The zero-order chi connectivity index (χ0) is 15.3. The van der Waals surface area contributed by atoms with E-state index in [-0.39, 0.29) is 5.82 Å². The second-order valence-electron chi connectivity index (χ2n) is 4.37. The van der Waals surface area contributed by atoms with Gasteiger partial charge in [-0.05, 0) is 29.8 Å². The first kappa shape index (κ1) is 15.7. The maximum atomic E-state index is 13.0. The molecule has 0 fully saturated rings. The summed E-state index contributed by atoms with van der Waals surface area (Å²) < 4.78 is 35.9.